The zero-order valence-electron chi connectivity index (χ0n) is 8.67. The maximum Gasteiger partial charge on any atom is 0.309 e. The first-order chi connectivity index (χ1) is 6.15. The minimum Gasteiger partial charge on any atom is -0.469 e. The van der Waals surface area contributed by atoms with Gasteiger partial charge >= 0.3 is 5.97 Å². The second-order valence-corrected chi connectivity index (χ2v) is 4.12. The van der Waals surface area contributed by atoms with Crippen molar-refractivity contribution in [1.29, 1.82) is 0 Å². The molecule has 2 atom stereocenters. The van der Waals surface area contributed by atoms with E-state index in [1.807, 2.05) is 0 Å². The van der Waals surface area contributed by atoms with E-state index >= 15 is 0 Å². The average molecular weight is 185 g/mol. The van der Waals surface area contributed by atoms with Gasteiger partial charge in [0.2, 0.25) is 0 Å². The van der Waals surface area contributed by atoms with E-state index in [2.05, 4.69) is 19.2 Å². The van der Waals surface area contributed by atoms with Crippen LogP contribution < -0.4 is 5.32 Å². The van der Waals surface area contributed by atoms with Crippen molar-refractivity contribution in [3.8, 4) is 0 Å². The third-order valence-corrected chi connectivity index (χ3v) is 2.86. The number of hydrogen-bond donors (Lipinski definition) is 1. The summed E-state index contributed by atoms with van der Waals surface area (Å²) in [7, 11) is 1.46. The van der Waals surface area contributed by atoms with Crippen LogP contribution in [0.25, 0.3) is 0 Å². The van der Waals surface area contributed by atoms with Crippen LogP contribution in [0.1, 0.15) is 20.3 Å². The first-order valence-electron chi connectivity index (χ1n) is 4.93. The number of ether oxygens (including phenoxy) is 1. The summed E-state index contributed by atoms with van der Waals surface area (Å²) in [6, 6.07) is 0. The van der Waals surface area contributed by atoms with Crippen LogP contribution in [0, 0.1) is 17.8 Å². The smallest absolute Gasteiger partial charge is 0.309 e. The van der Waals surface area contributed by atoms with Crippen molar-refractivity contribution in [1.82, 2.24) is 5.32 Å². The fourth-order valence-corrected chi connectivity index (χ4v) is 1.83. The van der Waals surface area contributed by atoms with Gasteiger partial charge < -0.3 is 10.1 Å². The molecule has 0 saturated carbocycles. The van der Waals surface area contributed by atoms with Crippen LogP contribution in [0.5, 0.6) is 0 Å². The Balaban J connectivity index is 2.46. The van der Waals surface area contributed by atoms with Gasteiger partial charge in [-0.25, -0.2) is 0 Å². The lowest BCUT2D eigenvalue weighted by Gasteiger charge is -2.30. The van der Waals surface area contributed by atoms with Crippen molar-refractivity contribution in [3.63, 3.8) is 0 Å². The number of esters is 1. The van der Waals surface area contributed by atoms with Crippen molar-refractivity contribution in [3.05, 3.63) is 0 Å². The lowest BCUT2D eigenvalue weighted by Crippen LogP contribution is -2.41. The van der Waals surface area contributed by atoms with Gasteiger partial charge in [0.1, 0.15) is 0 Å². The Hall–Kier alpha value is -0.570. The van der Waals surface area contributed by atoms with Crippen LogP contribution in [-0.4, -0.2) is 26.2 Å². The van der Waals surface area contributed by atoms with Gasteiger partial charge in [-0.2, -0.15) is 0 Å². The first-order valence-corrected chi connectivity index (χ1v) is 4.93. The zero-order valence-corrected chi connectivity index (χ0v) is 8.67. The lowest BCUT2D eigenvalue weighted by molar-refractivity contribution is -0.146. The Morgan fingerprint density at radius 3 is 2.69 bits per heavy atom. The predicted octanol–water partition coefficient (Wildman–Crippen LogP) is 1.04. The number of hydrogen-bond acceptors (Lipinski definition) is 3. The van der Waals surface area contributed by atoms with E-state index in [0.29, 0.717) is 11.8 Å². The van der Waals surface area contributed by atoms with Crippen LogP contribution in [0.3, 0.4) is 0 Å². The molecule has 0 aromatic carbocycles. The van der Waals surface area contributed by atoms with E-state index in [-0.39, 0.29) is 11.9 Å². The molecule has 0 amide bonds. The van der Waals surface area contributed by atoms with Crippen LogP contribution in [0.4, 0.5) is 0 Å². The van der Waals surface area contributed by atoms with Crippen molar-refractivity contribution in [2.45, 2.75) is 20.3 Å². The standard InChI is InChI=1S/C10H19NO2/c1-7(2)8-4-9(6-11-5-8)10(12)13-3/h7-9,11H,4-6H2,1-3H3. The van der Waals surface area contributed by atoms with E-state index in [9.17, 15) is 4.79 Å². The molecule has 3 nitrogen and oxygen atoms in total. The highest BCUT2D eigenvalue weighted by Crippen LogP contribution is 2.23. The molecule has 3 heteroatoms. The minimum atomic E-state index is -0.0714. The summed E-state index contributed by atoms with van der Waals surface area (Å²) in [5.41, 5.74) is 0. The lowest BCUT2D eigenvalue weighted by atomic mass is 9.83. The Morgan fingerprint density at radius 1 is 1.46 bits per heavy atom. The second-order valence-electron chi connectivity index (χ2n) is 4.12. The number of carbonyl (C=O) groups is 1. The van der Waals surface area contributed by atoms with Crippen molar-refractivity contribution in [2.75, 3.05) is 20.2 Å². The molecular weight excluding hydrogens is 166 g/mol. The summed E-state index contributed by atoms with van der Waals surface area (Å²) in [4.78, 5) is 11.3. The zero-order chi connectivity index (χ0) is 9.84. The van der Waals surface area contributed by atoms with E-state index in [0.717, 1.165) is 19.5 Å². The van der Waals surface area contributed by atoms with Gasteiger partial charge in [-0.05, 0) is 24.8 Å². The van der Waals surface area contributed by atoms with E-state index in [1.165, 1.54) is 7.11 Å². The van der Waals surface area contributed by atoms with Gasteiger partial charge in [-0.3, -0.25) is 4.79 Å². The van der Waals surface area contributed by atoms with Crippen molar-refractivity contribution >= 4 is 5.97 Å². The molecule has 0 aromatic rings. The Bertz CT molecular complexity index is 180. The highest BCUT2D eigenvalue weighted by Gasteiger charge is 2.28. The molecule has 1 aliphatic heterocycles. The molecular formula is C10H19NO2. The summed E-state index contributed by atoms with van der Waals surface area (Å²) in [6.07, 6.45) is 0.970. The van der Waals surface area contributed by atoms with Crippen LogP contribution >= 0.6 is 0 Å². The third kappa shape index (κ3) is 2.69. The Labute approximate surface area is 79.8 Å². The first kappa shape index (κ1) is 10.5. The summed E-state index contributed by atoms with van der Waals surface area (Å²) in [5.74, 6) is 1.24. The maximum absolute atomic E-state index is 11.3. The van der Waals surface area contributed by atoms with Crippen LogP contribution in [0.15, 0.2) is 0 Å². The van der Waals surface area contributed by atoms with Crippen LogP contribution in [-0.2, 0) is 9.53 Å². The minimum absolute atomic E-state index is 0.0612. The molecule has 0 radical (unpaired) electrons. The van der Waals surface area contributed by atoms with Gasteiger partial charge in [0, 0.05) is 6.54 Å². The molecule has 1 heterocycles. The highest BCUT2D eigenvalue weighted by molar-refractivity contribution is 5.72. The SMILES string of the molecule is COC(=O)C1CNCC(C(C)C)C1. The van der Waals surface area contributed by atoms with E-state index in [1.54, 1.807) is 0 Å². The highest BCUT2D eigenvalue weighted by atomic mass is 16.5. The fourth-order valence-electron chi connectivity index (χ4n) is 1.83. The molecule has 13 heavy (non-hydrogen) atoms. The van der Waals surface area contributed by atoms with Gasteiger partial charge in [0.15, 0.2) is 0 Å². The number of methoxy groups -OCH3 is 1. The molecule has 1 aliphatic rings. The molecule has 1 N–H and O–H groups in total. The summed E-state index contributed by atoms with van der Waals surface area (Å²) in [5, 5.41) is 3.28. The van der Waals surface area contributed by atoms with Crippen molar-refractivity contribution in [2.24, 2.45) is 17.8 Å². The molecule has 1 saturated heterocycles. The van der Waals surface area contributed by atoms with Crippen molar-refractivity contribution < 1.29 is 9.53 Å². The fraction of sp³-hybridized carbons (Fsp3) is 0.900. The molecule has 0 bridgehead atoms. The second kappa shape index (κ2) is 4.61. The summed E-state index contributed by atoms with van der Waals surface area (Å²) >= 11 is 0. The predicted molar refractivity (Wildman–Crippen MR) is 51.3 cm³/mol. The Kier molecular flexibility index (Phi) is 3.72. The molecule has 2 unspecified atom stereocenters. The van der Waals surface area contributed by atoms with E-state index < -0.39 is 0 Å². The van der Waals surface area contributed by atoms with Crippen LogP contribution in [0.2, 0.25) is 0 Å². The average Bonchev–Trinajstić information content (AvgIpc) is 2.17. The molecule has 0 aliphatic carbocycles. The number of nitrogens with one attached hydrogen (secondary N) is 1. The molecule has 0 spiro atoms. The maximum atomic E-state index is 11.3. The summed E-state index contributed by atoms with van der Waals surface area (Å²) in [6.45, 7) is 6.21. The quantitative estimate of drug-likeness (QED) is 0.653. The topological polar surface area (TPSA) is 38.3 Å². The van der Waals surface area contributed by atoms with Gasteiger partial charge in [-0.1, -0.05) is 13.8 Å². The Morgan fingerprint density at radius 2 is 2.15 bits per heavy atom. The van der Waals surface area contributed by atoms with Gasteiger partial charge in [0.25, 0.3) is 0 Å². The van der Waals surface area contributed by atoms with Gasteiger partial charge in [0.05, 0.1) is 13.0 Å². The summed E-state index contributed by atoms with van der Waals surface area (Å²) < 4.78 is 4.74. The molecule has 1 fully saturated rings. The molecule has 76 valence electrons. The van der Waals surface area contributed by atoms with Gasteiger partial charge in [-0.15, -0.1) is 0 Å². The molecule has 0 aromatic heterocycles. The van der Waals surface area contributed by atoms with E-state index in [4.69, 9.17) is 4.74 Å². The number of rotatable bonds is 2. The number of carbonyl (C=O) groups excluding carboxylic acids is 1. The third-order valence-electron chi connectivity index (χ3n) is 2.86. The largest absolute Gasteiger partial charge is 0.469 e. The molecule has 1 rings (SSSR count). The monoisotopic (exact) mass is 185 g/mol. The normalized spacial score (nSPS) is 28.9. The number of piperidine rings is 1.